The third kappa shape index (κ3) is 3.00. The minimum Gasteiger partial charge on any atom is -0.408 e. The molecule has 4 rings (SSSR count). The van der Waals surface area contributed by atoms with Gasteiger partial charge >= 0.3 is 0 Å². The van der Waals surface area contributed by atoms with Crippen molar-refractivity contribution in [1.29, 1.82) is 0 Å². The molecule has 1 saturated heterocycles. The van der Waals surface area contributed by atoms with Crippen molar-refractivity contribution in [3.05, 3.63) is 46.9 Å². The fraction of sp³-hybridized carbons (Fsp3) is 0.526. The van der Waals surface area contributed by atoms with E-state index in [4.69, 9.17) is 4.84 Å². The van der Waals surface area contributed by atoms with Crippen molar-refractivity contribution in [2.45, 2.75) is 50.7 Å². The number of hydrogen-bond acceptors (Lipinski definition) is 3. The van der Waals surface area contributed by atoms with Crippen molar-refractivity contribution in [3.8, 4) is 0 Å². The summed E-state index contributed by atoms with van der Waals surface area (Å²) in [6.07, 6.45) is 9.08. The fourth-order valence-electron chi connectivity index (χ4n) is 4.04. The molecule has 0 spiro atoms. The maximum atomic E-state index is 12.5. The van der Waals surface area contributed by atoms with Gasteiger partial charge < -0.3 is 9.74 Å². The zero-order valence-electron chi connectivity index (χ0n) is 13.5. The zero-order chi connectivity index (χ0) is 15.6. The molecule has 0 atom stereocenters. The molecule has 4 heteroatoms. The monoisotopic (exact) mass is 312 g/mol. The van der Waals surface area contributed by atoms with Crippen LogP contribution in [-0.2, 0) is 0 Å². The van der Waals surface area contributed by atoms with Gasteiger partial charge in [-0.3, -0.25) is 4.79 Å². The standard InChI is InChI=1S/C19H24N2O2/c22-19-18-6-2-1-5-15(18)11-14-21(19)23-17-9-7-16(8-10-17)20-12-3-4-13-20/h1-2,5-6,11,14,16-17H,3-4,7-10,12-13H2. The molecule has 4 nitrogen and oxygen atoms in total. The second-order valence-corrected chi connectivity index (χ2v) is 6.81. The minimum atomic E-state index is -0.0511. The van der Waals surface area contributed by atoms with Gasteiger partial charge in [-0.15, -0.1) is 0 Å². The van der Waals surface area contributed by atoms with Crippen molar-refractivity contribution < 1.29 is 4.84 Å². The van der Waals surface area contributed by atoms with Crippen LogP contribution in [0.3, 0.4) is 0 Å². The average molecular weight is 312 g/mol. The Balaban J connectivity index is 1.43. The first-order valence-electron chi connectivity index (χ1n) is 8.83. The summed E-state index contributed by atoms with van der Waals surface area (Å²) in [6, 6.07) is 10.4. The highest BCUT2D eigenvalue weighted by Gasteiger charge is 2.28. The first kappa shape index (κ1) is 14.8. The van der Waals surface area contributed by atoms with E-state index in [2.05, 4.69) is 4.90 Å². The third-order valence-electron chi connectivity index (χ3n) is 5.34. The molecule has 0 amide bonds. The van der Waals surface area contributed by atoms with E-state index in [1.165, 1.54) is 43.5 Å². The molecule has 0 radical (unpaired) electrons. The number of fused-ring (bicyclic) bond motifs is 1. The molecule has 2 aliphatic rings. The molecule has 23 heavy (non-hydrogen) atoms. The average Bonchev–Trinajstić information content (AvgIpc) is 3.13. The Morgan fingerprint density at radius 1 is 0.957 bits per heavy atom. The zero-order valence-corrected chi connectivity index (χ0v) is 13.5. The molecule has 122 valence electrons. The second kappa shape index (κ2) is 6.36. The van der Waals surface area contributed by atoms with Gasteiger partial charge in [-0.05, 0) is 69.1 Å². The molecule has 1 aliphatic carbocycles. The van der Waals surface area contributed by atoms with Crippen LogP contribution in [0.15, 0.2) is 41.3 Å². The lowest BCUT2D eigenvalue weighted by Crippen LogP contribution is -2.41. The summed E-state index contributed by atoms with van der Waals surface area (Å²) in [5.41, 5.74) is -0.0511. The number of pyridine rings is 1. The molecule has 2 heterocycles. The van der Waals surface area contributed by atoms with E-state index in [0.717, 1.165) is 29.7 Å². The quantitative estimate of drug-likeness (QED) is 0.874. The normalized spacial score (nSPS) is 25.7. The van der Waals surface area contributed by atoms with Gasteiger partial charge in [0.2, 0.25) is 0 Å². The maximum Gasteiger partial charge on any atom is 0.290 e. The van der Waals surface area contributed by atoms with Gasteiger partial charge in [0.25, 0.3) is 5.56 Å². The van der Waals surface area contributed by atoms with Gasteiger partial charge in [0, 0.05) is 12.2 Å². The van der Waals surface area contributed by atoms with Crippen LogP contribution >= 0.6 is 0 Å². The highest BCUT2D eigenvalue weighted by molar-refractivity contribution is 5.81. The second-order valence-electron chi connectivity index (χ2n) is 6.81. The SMILES string of the molecule is O=c1c2ccccc2ccn1OC1CCC(N2CCCC2)CC1. The highest BCUT2D eigenvalue weighted by atomic mass is 16.7. The van der Waals surface area contributed by atoms with E-state index in [1.807, 2.05) is 30.3 Å². The Kier molecular flexibility index (Phi) is 4.08. The van der Waals surface area contributed by atoms with Gasteiger partial charge in [0.15, 0.2) is 0 Å². The van der Waals surface area contributed by atoms with E-state index < -0.39 is 0 Å². The maximum absolute atomic E-state index is 12.5. The van der Waals surface area contributed by atoms with Gasteiger partial charge in [0.1, 0.15) is 6.10 Å². The lowest BCUT2D eigenvalue weighted by molar-refractivity contribution is -0.00476. The first-order chi connectivity index (χ1) is 11.3. The molecule has 2 aromatic rings. The summed E-state index contributed by atoms with van der Waals surface area (Å²) >= 11 is 0. The molecule has 1 aromatic carbocycles. The van der Waals surface area contributed by atoms with E-state index in [1.54, 1.807) is 6.20 Å². The largest absolute Gasteiger partial charge is 0.408 e. The number of hydrogen-bond donors (Lipinski definition) is 0. The molecule has 1 aromatic heterocycles. The smallest absolute Gasteiger partial charge is 0.290 e. The molecule has 0 bridgehead atoms. The summed E-state index contributed by atoms with van der Waals surface area (Å²) in [6.45, 7) is 2.53. The molecular weight excluding hydrogens is 288 g/mol. The van der Waals surface area contributed by atoms with Crippen molar-refractivity contribution in [2.75, 3.05) is 13.1 Å². The number of benzene rings is 1. The molecule has 2 fully saturated rings. The van der Waals surface area contributed by atoms with Gasteiger partial charge in [-0.1, -0.05) is 18.2 Å². The Morgan fingerprint density at radius 3 is 2.48 bits per heavy atom. The Morgan fingerprint density at radius 2 is 1.70 bits per heavy atom. The molecule has 0 unspecified atom stereocenters. The van der Waals surface area contributed by atoms with Gasteiger partial charge in [-0.25, -0.2) is 0 Å². The number of aromatic nitrogens is 1. The minimum absolute atomic E-state index is 0.0511. The van der Waals surface area contributed by atoms with Crippen molar-refractivity contribution in [3.63, 3.8) is 0 Å². The lowest BCUT2D eigenvalue weighted by Gasteiger charge is -2.34. The predicted octanol–water partition coefficient (Wildman–Crippen LogP) is 2.84. The highest BCUT2D eigenvalue weighted by Crippen LogP contribution is 2.26. The number of nitrogens with zero attached hydrogens (tertiary/aromatic N) is 2. The number of likely N-dealkylation sites (tertiary alicyclic amines) is 1. The van der Waals surface area contributed by atoms with Gasteiger partial charge in [-0.2, -0.15) is 4.73 Å². The fourth-order valence-corrected chi connectivity index (χ4v) is 4.04. The van der Waals surface area contributed by atoms with Crippen LogP contribution in [0.4, 0.5) is 0 Å². The molecule has 1 saturated carbocycles. The summed E-state index contributed by atoms with van der Waals surface area (Å²) in [5, 5.41) is 1.69. The lowest BCUT2D eigenvalue weighted by atomic mass is 9.92. The Labute approximate surface area is 136 Å². The van der Waals surface area contributed by atoms with Crippen molar-refractivity contribution >= 4 is 10.8 Å². The van der Waals surface area contributed by atoms with Crippen LogP contribution in [0.5, 0.6) is 0 Å². The summed E-state index contributed by atoms with van der Waals surface area (Å²) in [5.74, 6) is 0. The van der Waals surface area contributed by atoms with Gasteiger partial charge in [0.05, 0.1) is 5.39 Å². The van der Waals surface area contributed by atoms with Crippen LogP contribution in [0.2, 0.25) is 0 Å². The van der Waals surface area contributed by atoms with Crippen molar-refractivity contribution in [1.82, 2.24) is 9.63 Å². The van der Waals surface area contributed by atoms with Crippen LogP contribution in [0.1, 0.15) is 38.5 Å². The van der Waals surface area contributed by atoms with Crippen LogP contribution in [0.25, 0.3) is 10.8 Å². The molecule has 1 aliphatic heterocycles. The molecule has 0 N–H and O–H groups in total. The predicted molar refractivity (Wildman–Crippen MR) is 91.6 cm³/mol. The Bertz CT molecular complexity index is 725. The summed E-state index contributed by atoms with van der Waals surface area (Å²) in [7, 11) is 0. The summed E-state index contributed by atoms with van der Waals surface area (Å²) < 4.78 is 1.43. The first-order valence-corrected chi connectivity index (χ1v) is 8.83. The van der Waals surface area contributed by atoms with E-state index in [9.17, 15) is 4.79 Å². The molecular formula is C19H24N2O2. The van der Waals surface area contributed by atoms with E-state index >= 15 is 0 Å². The third-order valence-corrected chi connectivity index (χ3v) is 5.34. The van der Waals surface area contributed by atoms with Crippen LogP contribution < -0.4 is 10.4 Å². The van der Waals surface area contributed by atoms with E-state index in [-0.39, 0.29) is 11.7 Å². The van der Waals surface area contributed by atoms with Crippen LogP contribution in [-0.4, -0.2) is 34.9 Å². The summed E-state index contributed by atoms with van der Waals surface area (Å²) in [4.78, 5) is 21.1. The number of rotatable bonds is 3. The van der Waals surface area contributed by atoms with Crippen molar-refractivity contribution in [2.24, 2.45) is 0 Å². The topological polar surface area (TPSA) is 34.5 Å². The van der Waals surface area contributed by atoms with Crippen LogP contribution in [0, 0.1) is 0 Å². The van der Waals surface area contributed by atoms with E-state index in [0.29, 0.717) is 0 Å². The Hall–Kier alpha value is -1.81.